The molecule has 15 heavy (non-hydrogen) atoms. The summed E-state index contributed by atoms with van der Waals surface area (Å²) in [5.74, 6) is -0.143. The van der Waals surface area contributed by atoms with E-state index in [0.29, 0.717) is 11.4 Å². The molecule has 82 valence electrons. The number of pyridine rings is 1. The Balaban J connectivity index is 2.57. The van der Waals surface area contributed by atoms with Gasteiger partial charge in [0.15, 0.2) is 0 Å². The molecule has 1 unspecified atom stereocenters. The van der Waals surface area contributed by atoms with Crippen molar-refractivity contribution < 1.29 is 4.79 Å². The van der Waals surface area contributed by atoms with Crippen LogP contribution in [0, 0.1) is 0 Å². The fraction of sp³-hybridized carbons (Fsp3) is 0.455. The number of aromatic nitrogens is 1. The average Bonchev–Trinajstić information content (AvgIpc) is 2.18. The lowest BCUT2D eigenvalue weighted by Crippen LogP contribution is -2.32. The van der Waals surface area contributed by atoms with Gasteiger partial charge < -0.3 is 11.1 Å². The van der Waals surface area contributed by atoms with Gasteiger partial charge in [-0.15, -0.1) is 0 Å². The van der Waals surface area contributed by atoms with Gasteiger partial charge in [0.2, 0.25) is 0 Å². The van der Waals surface area contributed by atoms with Crippen molar-refractivity contribution in [3.8, 4) is 0 Å². The number of hydrogen-bond donors (Lipinski definition) is 2. The van der Waals surface area contributed by atoms with Crippen molar-refractivity contribution in [1.82, 2.24) is 10.3 Å². The zero-order valence-corrected chi connectivity index (χ0v) is 9.16. The first-order valence-corrected chi connectivity index (χ1v) is 5.16. The third-order valence-electron chi connectivity index (χ3n) is 2.12. The number of anilines is 1. The van der Waals surface area contributed by atoms with E-state index in [0.717, 1.165) is 12.8 Å². The second-order valence-corrected chi connectivity index (χ2v) is 3.64. The van der Waals surface area contributed by atoms with E-state index in [9.17, 15) is 4.79 Å². The van der Waals surface area contributed by atoms with Crippen molar-refractivity contribution >= 4 is 11.6 Å². The van der Waals surface area contributed by atoms with Crippen LogP contribution in [-0.2, 0) is 0 Å². The predicted octanol–water partition coefficient (Wildman–Crippen LogP) is 1.58. The Labute approximate surface area is 89.9 Å². The van der Waals surface area contributed by atoms with Gasteiger partial charge in [-0.05, 0) is 25.5 Å². The Morgan fingerprint density at radius 1 is 1.60 bits per heavy atom. The molecule has 0 aliphatic carbocycles. The molecule has 4 heteroatoms. The molecule has 4 nitrogen and oxygen atoms in total. The largest absolute Gasteiger partial charge is 0.397 e. The summed E-state index contributed by atoms with van der Waals surface area (Å²) in [7, 11) is 0. The molecule has 0 fully saturated rings. The zero-order chi connectivity index (χ0) is 11.3. The van der Waals surface area contributed by atoms with Gasteiger partial charge in [-0.2, -0.15) is 0 Å². The molecular weight excluding hydrogens is 190 g/mol. The van der Waals surface area contributed by atoms with E-state index in [-0.39, 0.29) is 11.9 Å². The quantitative estimate of drug-likeness (QED) is 0.787. The third kappa shape index (κ3) is 3.58. The molecule has 1 rings (SSSR count). The Morgan fingerprint density at radius 2 is 2.33 bits per heavy atom. The molecule has 0 saturated heterocycles. The molecule has 1 aromatic heterocycles. The van der Waals surface area contributed by atoms with E-state index in [1.807, 2.05) is 6.92 Å². The van der Waals surface area contributed by atoms with Crippen LogP contribution in [0.15, 0.2) is 18.3 Å². The Bertz CT molecular complexity index is 321. The second kappa shape index (κ2) is 5.34. The van der Waals surface area contributed by atoms with Crippen LogP contribution in [0.25, 0.3) is 0 Å². The van der Waals surface area contributed by atoms with Gasteiger partial charge in [0.05, 0.1) is 11.9 Å². The Kier molecular flexibility index (Phi) is 4.09. The number of hydrogen-bond acceptors (Lipinski definition) is 3. The van der Waals surface area contributed by atoms with Crippen LogP contribution in [0.4, 0.5) is 5.69 Å². The number of nitrogens with one attached hydrogen (secondary N) is 1. The summed E-state index contributed by atoms with van der Waals surface area (Å²) in [6, 6.07) is 3.48. The van der Waals surface area contributed by atoms with E-state index in [4.69, 9.17) is 5.73 Å². The normalized spacial score (nSPS) is 12.1. The summed E-state index contributed by atoms with van der Waals surface area (Å²) in [6.45, 7) is 4.07. The van der Waals surface area contributed by atoms with Gasteiger partial charge in [-0.3, -0.25) is 4.79 Å². The minimum Gasteiger partial charge on any atom is -0.397 e. The molecule has 0 aliphatic rings. The highest BCUT2D eigenvalue weighted by Gasteiger charge is 2.09. The summed E-state index contributed by atoms with van der Waals surface area (Å²) in [5, 5.41) is 2.87. The lowest BCUT2D eigenvalue weighted by molar-refractivity contribution is 0.0933. The SMILES string of the molecule is CCCC(C)NC(=O)c1ccc(N)cn1. The summed E-state index contributed by atoms with van der Waals surface area (Å²) >= 11 is 0. The van der Waals surface area contributed by atoms with Crippen molar-refractivity contribution in [3.05, 3.63) is 24.0 Å². The van der Waals surface area contributed by atoms with E-state index in [1.54, 1.807) is 12.1 Å². The van der Waals surface area contributed by atoms with Crippen molar-refractivity contribution in [3.63, 3.8) is 0 Å². The summed E-state index contributed by atoms with van der Waals surface area (Å²) < 4.78 is 0. The van der Waals surface area contributed by atoms with Gasteiger partial charge >= 0.3 is 0 Å². The van der Waals surface area contributed by atoms with Crippen molar-refractivity contribution in [2.24, 2.45) is 0 Å². The van der Waals surface area contributed by atoms with E-state index in [2.05, 4.69) is 17.2 Å². The van der Waals surface area contributed by atoms with E-state index in [1.165, 1.54) is 6.20 Å². The maximum Gasteiger partial charge on any atom is 0.270 e. The molecule has 0 spiro atoms. The van der Waals surface area contributed by atoms with Crippen LogP contribution in [0.3, 0.4) is 0 Å². The van der Waals surface area contributed by atoms with Crippen LogP contribution in [0.2, 0.25) is 0 Å². The van der Waals surface area contributed by atoms with Crippen LogP contribution in [0.1, 0.15) is 37.2 Å². The minimum absolute atomic E-state index is 0.143. The highest BCUT2D eigenvalue weighted by molar-refractivity contribution is 5.92. The molecule has 0 aliphatic heterocycles. The smallest absolute Gasteiger partial charge is 0.270 e. The number of amides is 1. The monoisotopic (exact) mass is 207 g/mol. The molecule has 0 aromatic carbocycles. The fourth-order valence-electron chi connectivity index (χ4n) is 1.34. The highest BCUT2D eigenvalue weighted by Crippen LogP contribution is 2.02. The van der Waals surface area contributed by atoms with E-state index < -0.39 is 0 Å². The molecule has 3 N–H and O–H groups in total. The third-order valence-corrected chi connectivity index (χ3v) is 2.12. The minimum atomic E-state index is -0.143. The average molecular weight is 207 g/mol. The molecule has 1 atom stereocenters. The lowest BCUT2D eigenvalue weighted by Gasteiger charge is -2.11. The van der Waals surface area contributed by atoms with Crippen LogP contribution in [0.5, 0.6) is 0 Å². The maximum absolute atomic E-state index is 11.6. The molecular formula is C11H17N3O. The van der Waals surface area contributed by atoms with Crippen LogP contribution >= 0.6 is 0 Å². The van der Waals surface area contributed by atoms with Gasteiger partial charge in [0.1, 0.15) is 5.69 Å². The van der Waals surface area contributed by atoms with Crippen molar-refractivity contribution in [2.75, 3.05) is 5.73 Å². The first kappa shape index (κ1) is 11.5. The topological polar surface area (TPSA) is 68.0 Å². The number of carbonyl (C=O) groups is 1. The molecule has 0 radical (unpaired) electrons. The lowest BCUT2D eigenvalue weighted by atomic mass is 10.2. The number of nitrogens with zero attached hydrogens (tertiary/aromatic N) is 1. The van der Waals surface area contributed by atoms with Crippen LogP contribution < -0.4 is 11.1 Å². The molecule has 0 saturated carbocycles. The number of rotatable bonds is 4. The zero-order valence-electron chi connectivity index (χ0n) is 9.16. The maximum atomic E-state index is 11.6. The van der Waals surface area contributed by atoms with Gasteiger partial charge in [-0.1, -0.05) is 13.3 Å². The Morgan fingerprint density at radius 3 is 2.87 bits per heavy atom. The number of nitrogens with two attached hydrogens (primary N) is 1. The molecule has 0 bridgehead atoms. The predicted molar refractivity (Wildman–Crippen MR) is 60.5 cm³/mol. The molecule has 1 heterocycles. The number of nitrogen functional groups attached to an aromatic ring is 1. The fourth-order valence-corrected chi connectivity index (χ4v) is 1.34. The second-order valence-electron chi connectivity index (χ2n) is 3.64. The van der Waals surface area contributed by atoms with E-state index >= 15 is 0 Å². The summed E-state index contributed by atoms with van der Waals surface area (Å²) in [4.78, 5) is 15.6. The molecule has 1 amide bonds. The van der Waals surface area contributed by atoms with Crippen molar-refractivity contribution in [2.45, 2.75) is 32.7 Å². The highest BCUT2D eigenvalue weighted by atomic mass is 16.1. The van der Waals surface area contributed by atoms with Crippen molar-refractivity contribution in [1.29, 1.82) is 0 Å². The first-order chi connectivity index (χ1) is 7.13. The van der Waals surface area contributed by atoms with Gasteiger partial charge in [0.25, 0.3) is 5.91 Å². The van der Waals surface area contributed by atoms with Gasteiger partial charge in [0, 0.05) is 6.04 Å². The summed E-state index contributed by atoms with van der Waals surface area (Å²) in [6.07, 6.45) is 3.51. The number of carbonyl (C=O) groups excluding carboxylic acids is 1. The molecule has 1 aromatic rings. The Hall–Kier alpha value is -1.58. The summed E-state index contributed by atoms with van der Waals surface area (Å²) in [5.41, 5.74) is 6.45. The standard InChI is InChI=1S/C11H17N3O/c1-3-4-8(2)14-11(15)10-6-5-9(12)7-13-10/h5-8H,3-4,12H2,1-2H3,(H,14,15). The first-order valence-electron chi connectivity index (χ1n) is 5.16. The van der Waals surface area contributed by atoms with Gasteiger partial charge in [-0.25, -0.2) is 4.98 Å². The van der Waals surface area contributed by atoms with Crippen LogP contribution in [-0.4, -0.2) is 16.9 Å².